The van der Waals surface area contributed by atoms with E-state index in [4.69, 9.17) is 0 Å². The number of hydrogen-bond donors (Lipinski definition) is 0. The Morgan fingerprint density at radius 2 is 2.00 bits per heavy atom. The van der Waals surface area contributed by atoms with Gasteiger partial charge < -0.3 is 5.11 Å². The van der Waals surface area contributed by atoms with E-state index in [1.54, 1.807) is 18.2 Å². The Balaban J connectivity index is 0.00000144. The van der Waals surface area contributed by atoms with Crippen molar-refractivity contribution < 1.29 is 39.5 Å². The van der Waals surface area contributed by atoms with Gasteiger partial charge in [0, 0.05) is 10.0 Å². The monoisotopic (exact) mass is 248 g/mol. The molecule has 13 heavy (non-hydrogen) atoms. The first-order valence-corrected chi connectivity index (χ1v) is 4.12. The van der Waals surface area contributed by atoms with E-state index in [2.05, 4.69) is 15.9 Å². The van der Waals surface area contributed by atoms with E-state index in [1.165, 1.54) is 0 Å². The van der Waals surface area contributed by atoms with Crippen LogP contribution >= 0.6 is 15.9 Å². The van der Waals surface area contributed by atoms with E-state index in [9.17, 15) is 9.90 Å². The molecule has 0 aliphatic rings. The van der Waals surface area contributed by atoms with Crippen LogP contribution in [0.1, 0.15) is 10.4 Å². The third-order valence-corrected chi connectivity index (χ3v) is 2.05. The fourth-order valence-corrected chi connectivity index (χ4v) is 1.29. The zero-order chi connectivity index (χ0) is 8.97. The van der Waals surface area contributed by atoms with E-state index < -0.39 is 0 Å². The fraction of sp³-hybridized carbons (Fsp3) is 0. The number of benzene rings is 1. The molecule has 0 saturated heterocycles. The van der Waals surface area contributed by atoms with E-state index in [-0.39, 0.29) is 35.3 Å². The predicted molar refractivity (Wildman–Crippen MR) is 47.6 cm³/mol. The zero-order valence-corrected chi connectivity index (χ0v) is 10.7. The van der Waals surface area contributed by atoms with Gasteiger partial charge in [0.2, 0.25) is 0 Å². The summed E-state index contributed by atoms with van der Waals surface area (Å²) >= 11 is 3.21. The predicted octanol–water partition coefficient (Wildman–Crippen LogP) is -1.49. The Labute approximate surface area is 107 Å². The molecule has 0 aliphatic heterocycles. The topological polar surface area (TPSA) is 40.1 Å². The Hall–Kier alpha value is -0.0900. The van der Waals surface area contributed by atoms with Crippen molar-refractivity contribution in [2.45, 2.75) is 0 Å². The van der Waals surface area contributed by atoms with Crippen LogP contribution < -0.4 is 34.7 Å². The molecule has 0 bridgehead atoms. The molecular weight excluding hydrogens is 243 g/mol. The molecule has 0 amide bonds. The number of carbonyl (C=O) groups excluding carboxylic acids is 1. The largest absolute Gasteiger partial charge is 1.00 e. The summed E-state index contributed by atoms with van der Waals surface area (Å²) in [5.41, 5.74) is 0.504. The molecule has 0 aromatic heterocycles. The summed E-state index contributed by atoms with van der Waals surface area (Å²) in [6.07, 6.45) is 1.49. The summed E-state index contributed by atoms with van der Waals surface area (Å²) in [7, 11) is 0. The average Bonchev–Trinajstić information content (AvgIpc) is 2.05. The third-order valence-electron chi connectivity index (χ3n) is 1.36. The summed E-state index contributed by atoms with van der Waals surface area (Å²) in [5, 5.41) is 10.0. The van der Waals surface area contributed by atoms with Gasteiger partial charge in [0.05, 0.1) is 0 Å². The molecule has 0 saturated carbocycles. The van der Waals surface area contributed by atoms with Crippen LogP contribution in [0.5, 0.6) is 0 Å². The summed E-state index contributed by atoms with van der Waals surface area (Å²) < 4.78 is 0.702. The Morgan fingerprint density at radius 1 is 1.38 bits per heavy atom. The number of ketones is 1. The van der Waals surface area contributed by atoms with Gasteiger partial charge >= 0.3 is 29.6 Å². The van der Waals surface area contributed by atoms with E-state index in [1.807, 2.05) is 6.07 Å². The number of allylic oxidation sites excluding steroid dienone is 1. The molecule has 0 spiro atoms. The molecule has 2 nitrogen and oxygen atoms in total. The van der Waals surface area contributed by atoms with Crippen LogP contribution in [0.3, 0.4) is 0 Å². The maximum absolute atomic E-state index is 11.1. The van der Waals surface area contributed by atoms with E-state index in [0.29, 0.717) is 16.3 Å². The number of rotatable bonds is 2. The molecule has 0 aliphatic carbocycles. The van der Waals surface area contributed by atoms with Gasteiger partial charge in [-0.25, -0.2) is 0 Å². The van der Waals surface area contributed by atoms with Crippen LogP contribution in [-0.4, -0.2) is 5.78 Å². The number of carbonyl (C=O) groups is 1. The van der Waals surface area contributed by atoms with Crippen molar-refractivity contribution in [1.29, 1.82) is 0 Å². The van der Waals surface area contributed by atoms with Gasteiger partial charge in [-0.1, -0.05) is 28.1 Å². The van der Waals surface area contributed by atoms with Crippen molar-refractivity contribution in [1.82, 2.24) is 0 Å². The van der Waals surface area contributed by atoms with Crippen molar-refractivity contribution in [2.24, 2.45) is 0 Å². The van der Waals surface area contributed by atoms with Gasteiger partial charge in [0.15, 0.2) is 5.78 Å². The Bertz CT molecular complexity index is 323. The Kier molecular flexibility index (Phi) is 6.33. The van der Waals surface area contributed by atoms with Gasteiger partial charge in [-0.15, -0.1) is 6.26 Å². The molecule has 0 fully saturated rings. The minimum Gasteiger partial charge on any atom is -0.878 e. The zero-order valence-electron chi connectivity index (χ0n) is 7.16. The third kappa shape index (κ3) is 3.65. The van der Waals surface area contributed by atoms with Crippen LogP contribution in [0.15, 0.2) is 41.1 Å². The van der Waals surface area contributed by atoms with Crippen LogP contribution in [0, 0.1) is 0 Å². The SMILES string of the molecule is O=C(C=C[O-])c1ccccc1Br.[Na+]. The molecular formula is C9H6BrNaO2. The Morgan fingerprint density at radius 3 is 2.54 bits per heavy atom. The second-order valence-corrected chi connectivity index (χ2v) is 3.00. The molecule has 62 valence electrons. The van der Waals surface area contributed by atoms with Gasteiger partial charge in [-0.3, -0.25) is 4.79 Å². The van der Waals surface area contributed by atoms with Crippen molar-refractivity contribution in [3.05, 3.63) is 46.6 Å². The second kappa shape index (κ2) is 6.38. The molecule has 1 aromatic rings. The van der Waals surface area contributed by atoms with Gasteiger partial charge in [-0.05, 0) is 18.2 Å². The molecule has 0 N–H and O–H groups in total. The first-order chi connectivity index (χ1) is 5.75. The van der Waals surface area contributed by atoms with E-state index in [0.717, 1.165) is 6.08 Å². The van der Waals surface area contributed by atoms with Crippen molar-refractivity contribution in [3.8, 4) is 0 Å². The quantitative estimate of drug-likeness (QED) is 0.277. The van der Waals surface area contributed by atoms with Crippen LogP contribution in [0.25, 0.3) is 0 Å². The average molecular weight is 249 g/mol. The maximum atomic E-state index is 11.1. The molecule has 0 unspecified atom stereocenters. The van der Waals surface area contributed by atoms with Crippen LogP contribution in [0.2, 0.25) is 0 Å². The van der Waals surface area contributed by atoms with Crippen LogP contribution in [-0.2, 0) is 0 Å². The molecule has 0 atom stereocenters. The fourth-order valence-electron chi connectivity index (χ4n) is 0.813. The van der Waals surface area contributed by atoms with Gasteiger partial charge in [-0.2, -0.15) is 0 Å². The summed E-state index contributed by atoms with van der Waals surface area (Å²) in [6, 6.07) is 6.97. The first-order valence-electron chi connectivity index (χ1n) is 3.33. The normalized spacial score (nSPS) is 9.62. The maximum Gasteiger partial charge on any atom is 1.00 e. The van der Waals surface area contributed by atoms with Gasteiger partial charge in [0.25, 0.3) is 0 Å². The van der Waals surface area contributed by atoms with Crippen molar-refractivity contribution in [2.75, 3.05) is 0 Å². The first kappa shape index (κ1) is 12.9. The molecule has 0 heterocycles. The molecule has 1 rings (SSSR count). The number of halogens is 1. The van der Waals surface area contributed by atoms with Crippen molar-refractivity contribution in [3.63, 3.8) is 0 Å². The summed E-state index contributed by atoms with van der Waals surface area (Å²) in [4.78, 5) is 11.1. The summed E-state index contributed by atoms with van der Waals surface area (Å²) in [6.45, 7) is 0. The standard InChI is InChI=1S/C9H7BrO2.Na/c10-8-4-2-1-3-7(8)9(12)5-6-11;/h1-6,11H;/q;+1/p-1. The minimum absolute atomic E-state index is 0. The molecule has 4 heteroatoms. The van der Waals surface area contributed by atoms with Gasteiger partial charge in [0.1, 0.15) is 0 Å². The second-order valence-electron chi connectivity index (χ2n) is 2.15. The van der Waals surface area contributed by atoms with E-state index >= 15 is 0 Å². The molecule has 1 aromatic carbocycles. The number of hydrogen-bond acceptors (Lipinski definition) is 2. The van der Waals surface area contributed by atoms with Crippen LogP contribution in [0.4, 0.5) is 0 Å². The molecule has 0 radical (unpaired) electrons. The minimum atomic E-state index is -0.280. The summed E-state index contributed by atoms with van der Waals surface area (Å²) in [5.74, 6) is -0.280. The van der Waals surface area contributed by atoms with Crippen molar-refractivity contribution >= 4 is 21.7 Å². The smallest absolute Gasteiger partial charge is 0.878 e.